The first kappa shape index (κ1) is 29.2. The van der Waals surface area contributed by atoms with Crippen LogP contribution in [0.25, 0.3) is 27.7 Å². The number of anilines is 1. The Bertz CT molecular complexity index is 1930. The predicted octanol–water partition coefficient (Wildman–Crippen LogP) is 4.86. The van der Waals surface area contributed by atoms with Gasteiger partial charge in [-0.25, -0.2) is 19.5 Å². The van der Waals surface area contributed by atoms with Gasteiger partial charge < -0.3 is 19.1 Å². The highest BCUT2D eigenvalue weighted by Gasteiger charge is 2.56. The van der Waals surface area contributed by atoms with Crippen molar-refractivity contribution < 1.29 is 14.2 Å². The lowest BCUT2D eigenvalue weighted by molar-refractivity contribution is 0.235. The molecule has 1 saturated heterocycles. The molecule has 47 heavy (non-hydrogen) atoms. The van der Waals surface area contributed by atoms with Crippen LogP contribution in [0.4, 0.5) is 5.82 Å². The number of ether oxygens (including phenoxy) is 3. The summed E-state index contributed by atoms with van der Waals surface area (Å²) in [5.74, 6) is 5.01. The highest BCUT2D eigenvalue weighted by atomic mass is 16.5. The van der Waals surface area contributed by atoms with Gasteiger partial charge in [-0.2, -0.15) is 5.10 Å². The van der Waals surface area contributed by atoms with E-state index in [4.69, 9.17) is 19.2 Å². The lowest BCUT2D eigenvalue weighted by atomic mass is 10.1. The van der Waals surface area contributed by atoms with Crippen molar-refractivity contribution in [2.45, 2.75) is 20.0 Å². The molecule has 0 radical (unpaired) electrons. The minimum Gasteiger partial charge on any atom is -0.492 e. The summed E-state index contributed by atoms with van der Waals surface area (Å²) in [4.78, 5) is 18.7. The average molecular weight is 632 g/mol. The van der Waals surface area contributed by atoms with Crippen LogP contribution in [0.3, 0.4) is 0 Å². The van der Waals surface area contributed by atoms with Crippen LogP contribution in [0, 0.1) is 17.8 Å². The first-order valence-corrected chi connectivity index (χ1v) is 16.0. The van der Waals surface area contributed by atoms with E-state index in [0.717, 1.165) is 83.1 Å². The van der Waals surface area contributed by atoms with Crippen LogP contribution in [0.1, 0.15) is 18.1 Å². The van der Waals surface area contributed by atoms with Crippen molar-refractivity contribution in [2.24, 2.45) is 17.8 Å². The zero-order valence-corrected chi connectivity index (χ0v) is 26.7. The van der Waals surface area contributed by atoms with Gasteiger partial charge in [-0.1, -0.05) is 12.1 Å². The second-order valence-electron chi connectivity index (χ2n) is 12.3. The Kier molecular flexibility index (Phi) is 7.56. The third kappa shape index (κ3) is 5.69. The summed E-state index contributed by atoms with van der Waals surface area (Å²) >= 11 is 0. The van der Waals surface area contributed by atoms with Gasteiger partial charge in [-0.3, -0.25) is 10.00 Å². The van der Waals surface area contributed by atoms with Crippen molar-refractivity contribution >= 4 is 22.4 Å². The molecule has 3 atom stereocenters. The van der Waals surface area contributed by atoms with Crippen LogP contribution in [-0.4, -0.2) is 80.1 Å². The van der Waals surface area contributed by atoms with E-state index in [0.29, 0.717) is 36.1 Å². The number of nitrogens with zero attached hydrogens (tertiary/aromatic N) is 8. The number of pyridine rings is 4. The molecule has 8 rings (SSSR count). The van der Waals surface area contributed by atoms with E-state index in [9.17, 15) is 0 Å². The summed E-state index contributed by atoms with van der Waals surface area (Å²) in [7, 11) is 3.28. The molecule has 0 aromatic carbocycles. The summed E-state index contributed by atoms with van der Waals surface area (Å²) in [5.41, 5.74) is 6.09. The van der Waals surface area contributed by atoms with Crippen LogP contribution in [0.5, 0.6) is 17.5 Å². The number of aromatic nitrogens is 7. The maximum Gasteiger partial charge on any atom is 0.212 e. The molecule has 12 nitrogen and oxygen atoms in total. The lowest BCUT2D eigenvalue weighted by Crippen LogP contribution is -2.30. The Morgan fingerprint density at radius 3 is 2.19 bits per heavy atom. The molecule has 1 aliphatic heterocycles. The average Bonchev–Trinajstić information content (AvgIpc) is 3.50. The van der Waals surface area contributed by atoms with Crippen LogP contribution < -0.4 is 19.1 Å². The molecule has 240 valence electrons. The number of hydrogen-bond donors (Lipinski definition) is 1. The minimum absolute atomic E-state index is 0.580. The molecular formula is C35H37N9O3. The Morgan fingerprint density at radius 1 is 0.872 bits per heavy atom. The van der Waals surface area contributed by atoms with Gasteiger partial charge >= 0.3 is 0 Å². The molecule has 1 aliphatic carbocycles. The number of hydrogen-bond acceptors (Lipinski definition) is 10. The van der Waals surface area contributed by atoms with E-state index in [2.05, 4.69) is 65.4 Å². The van der Waals surface area contributed by atoms with Gasteiger partial charge in [0.1, 0.15) is 11.6 Å². The zero-order valence-electron chi connectivity index (χ0n) is 26.7. The number of H-pyrrole nitrogens is 1. The SMILES string of the molecule is CCOc1cc(-c2ccc(N3C[C@@H]4[C@H](CN(Cc5ccc(OC)nc5)Cc5ccc(OC)nc5)[C@@H]4C3)nc2)c2c3cn[nH]c3nn2c1. The van der Waals surface area contributed by atoms with Gasteiger partial charge in [0, 0.05) is 74.6 Å². The van der Waals surface area contributed by atoms with E-state index in [1.165, 1.54) is 0 Å². The molecule has 7 heterocycles. The van der Waals surface area contributed by atoms with Gasteiger partial charge in [0.05, 0.1) is 44.1 Å². The van der Waals surface area contributed by atoms with Crippen LogP contribution >= 0.6 is 0 Å². The number of piperidine rings is 1. The fourth-order valence-corrected chi connectivity index (χ4v) is 7.10. The van der Waals surface area contributed by atoms with Crippen molar-refractivity contribution in [3.63, 3.8) is 0 Å². The summed E-state index contributed by atoms with van der Waals surface area (Å²) < 4.78 is 18.3. The molecule has 6 aromatic heterocycles. The molecule has 2 fully saturated rings. The van der Waals surface area contributed by atoms with Gasteiger partial charge in [0.2, 0.25) is 11.8 Å². The first-order chi connectivity index (χ1) is 23.1. The quantitative estimate of drug-likeness (QED) is 0.201. The maximum atomic E-state index is 5.86. The summed E-state index contributed by atoms with van der Waals surface area (Å²) in [6.45, 7) is 7.25. The van der Waals surface area contributed by atoms with E-state index in [1.54, 1.807) is 14.2 Å². The van der Waals surface area contributed by atoms with E-state index in [-0.39, 0.29) is 0 Å². The van der Waals surface area contributed by atoms with Gasteiger partial charge in [0.15, 0.2) is 5.65 Å². The normalized spacial score (nSPS) is 18.6. The standard InChI is InChI=1S/C35H37N9O3/c1-4-47-25-11-26(34-27-15-39-40-35(27)41-44(34)18-25)24-7-8-31(36-14-24)43-20-29-28(30(29)21-43)19-42(16-22-5-9-32(45-2)37-12-22)17-23-6-10-33(46-3)38-13-23/h5-15,18,28-30H,4,16-17,19-21H2,1-3H3,(H,40,41)/t28-,29+,30-. The molecule has 2 aliphatic rings. The monoisotopic (exact) mass is 631 g/mol. The van der Waals surface area contributed by atoms with Crippen molar-refractivity contribution in [3.8, 4) is 28.6 Å². The van der Waals surface area contributed by atoms with E-state index in [1.807, 2.05) is 54.6 Å². The fraction of sp³-hybridized carbons (Fsp3) is 0.343. The fourth-order valence-electron chi connectivity index (χ4n) is 7.10. The Labute approximate surface area is 272 Å². The summed E-state index contributed by atoms with van der Waals surface area (Å²) in [5, 5.41) is 12.8. The maximum absolute atomic E-state index is 5.86. The molecule has 1 saturated carbocycles. The van der Waals surface area contributed by atoms with E-state index >= 15 is 0 Å². The highest BCUT2D eigenvalue weighted by molar-refractivity contribution is 6.00. The molecule has 0 bridgehead atoms. The largest absolute Gasteiger partial charge is 0.492 e. The molecule has 1 N–H and O–H groups in total. The van der Waals surface area contributed by atoms with Crippen LogP contribution in [0.2, 0.25) is 0 Å². The predicted molar refractivity (Wildman–Crippen MR) is 178 cm³/mol. The topological polar surface area (TPSA) is 119 Å². The highest BCUT2D eigenvalue weighted by Crippen LogP contribution is 2.53. The first-order valence-electron chi connectivity index (χ1n) is 16.0. The number of rotatable bonds is 12. The van der Waals surface area contributed by atoms with Gasteiger partial charge in [0.25, 0.3) is 0 Å². The van der Waals surface area contributed by atoms with Crippen molar-refractivity contribution in [1.29, 1.82) is 0 Å². The third-order valence-corrected chi connectivity index (χ3v) is 9.46. The molecule has 0 unspecified atom stereocenters. The number of aromatic amines is 1. The number of fused-ring (bicyclic) bond motifs is 4. The van der Waals surface area contributed by atoms with Crippen LogP contribution in [-0.2, 0) is 13.1 Å². The van der Waals surface area contributed by atoms with E-state index < -0.39 is 0 Å². The Balaban J connectivity index is 0.958. The van der Waals surface area contributed by atoms with Crippen molar-refractivity contribution in [1.82, 2.24) is 39.7 Å². The zero-order chi connectivity index (χ0) is 31.9. The second kappa shape index (κ2) is 12.2. The molecule has 6 aromatic rings. The number of nitrogens with one attached hydrogen (secondary N) is 1. The van der Waals surface area contributed by atoms with Gasteiger partial charge in [-0.15, -0.1) is 5.10 Å². The third-order valence-electron chi connectivity index (χ3n) is 9.46. The van der Waals surface area contributed by atoms with Crippen LogP contribution in [0.15, 0.2) is 73.4 Å². The minimum atomic E-state index is 0.580. The second-order valence-corrected chi connectivity index (χ2v) is 12.3. The molecule has 0 amide bonds. The smallest absolute Gasteiger partial charge is 0.212 e. The lowest BCUT2D eigenvalue weighted by Gasteiger charge is -2.26. The summed E-state index contributed by atoms with van der Waals surface area (Å²) in [6, 6.07) is 14.4. The molecule has 0 spiro atoms. The molecule has 12 heteroatoms. The molecular weight excluding hydrogens is 594 g/mol. The van der Waals surface area contributed by atoms with Crippen molar-refractivity contribution in [3.05, 3.63) is 84.6 Å². The summed E-state index contributed by atoms with van der Waals surface area (Å²) in [6.07, 6.45) is 9.51. The Morgan fingerprint density at radius 2 is 1.60 bits per heavy atom. The number of methoxy groups -OCH3 is 2. The Hall–Kier alpha value is -5.23. The van der Waals surface area contributed by atoms with Gasteiger partial charge in [-0.05, 0) is 54.0 Å². The van der Waals surface area contributed by atoms with Crippen molar-refractivity contribution in [2.75, 3.05) is 45.4 Å².